The predicted octanol–water partition coefficient (Wildman–Crippen LogP) is 2.00. The Morgan fingerprint density at radius 3 is 2.53 bits per heavy atom. The summed E-state index contributed by atoms with van der Waals surface area (Å²) in [6.07, 6.45) is 1.65. The highest BCUT2D eigenvalue weighted by molar-refractivity contribution is 7.51. The van der Waals surface area contributed by atoms with Gasteiger partial charge in [-0.25, -0.2) is 14.9 Å². The maximum absolute atomic E-state index is 11.2. The molecule has 0 aliphatic carbocycles. The molecule has 0 aromatic rings. The summed E-state index contributed by atoms with van der Waals surface area (Å²) in [5.74, 6) is -0.403. The first-order chi connectivity index (χ1) is 7.76. The van der Waals surface area contributed by atoms with Crippen molar-refractivity contribution in [3.63, 3.8) is 0 Å². The molecule has 6 nitrogen and oxygen atoms in total. The molecule has 2 N–H and O–H groups in total. The first kappa shape index (κ1) is 16.3. The van der Waals surface area contributed by atoms with Crippen LogP contribution in [0.4, 0.5) is 0 Å². The fourth-order valence-electron chi connectivity index (χ4n) is 0.926. The molecule has 1 unspecified atom stereocenters. The third-order valence-electron chi connectivity index (χ3n) is 1.74. The lowest BCUT2D eigenvalue weighted by Gasteiger charge is -2.10. The quantitative estimate of drug-likeness (QED) is 0.430. The highest BCUT2D eigenvalue weighted by Gasteiger charge is 2.14. The number of hydrogen-bond donors (Lipinski definition) is 1. The molecular weight excluding hydrogens is 245 g/mol. The molecule has 0 saturated carbocycles. The van der Waals surface area contributed by atoms with Crippen LogP contribution in [0.5, 0.6) is 0 Å². The summed E-state index contributed by atoms with van der Waals surface area (Å²) in [6, 6.07) is 0. The van der Waals surface area contributed by atoms with Crippen LogP contribution < -0.4 is 5.50 Å². The van der Waals surface area contributed by atoms with Crippen molar-refractivity contribution >= 4 is 13.7 Å². The molecule has 0 aromatic carbocycles. The number of esters is 1. The third kappa shape index (κ3) is 9.06. The van der Waals surface area contributed by atoms with Gasteiger partial charge in [0, 0.05) is 13.2 Å². The summed E-state index contributed by atoms with van der Waals surface area (Å²) in [4.78, 5) is 11.2. The van der Waals surface area contributed by atoms with Crippen LogP contribution in [0.3, 0.4) is 0 Å². The Labute approximate surface area is 102 Å². The maximum Gasteiger partial charge on any atom is 0.402 e. The molecule has 0 bridgehead atoms. The monoisotopic (exact) mass is 265 g/mol. The van der Waals surface area contributed by atoms with E-state index in [1.54, 1.807) is 20.8 Å². The van der Waals surface area contributed by atoms with Gasteiger partial charge in [0.25, 0.3) is 0 Å². The fourth-order valence-corrected chi connectivity index (χ4v) is 1.38. The Kier molecular flexibility index (Phi) is 7.30. The fraction of sp³-hybridized carbons (Fsp3) is 0.700. The molecule has 0 aliphatic heterocycles. The number of nitrogens with two attached hydrogens (primary N) is 1. The van der Waals surface area contributed by atoms with Crippen molar-refractivity contribution in [2.75, 3.05) is 13.7 Å². The smallest absolute Gasteiger partial charge is 0.402 e. The van der Waals surface area contributed by atoms with Gasteiger partial charge in [-0.05, 0) is 27.2 Å². The first-order valence-electron chi connectivity index (χ1n) is 5.23. The second-order valence-electron chi connectivity index (χ2n) is 3.78. The van der Waals surface area contributed by atoms with Crippen molar-refractivity contribution in [3.05, 3.63) is 11.6 Å². The highest BCUT2D eigenvalue weighted by Crippen LogP contribution is 2.37. The van der Waals surface area contributed by atoms with Gasteiger partial charge in [0.05, 0.1) is 12.7 Å². The summed E-state index contributed by atoms with van der Waals surface area (Å²) in [5.41, 5.74) is 5.93. The molecule has 0 aliphatic rings. The molecular formula is C10H20NO5P. The largest absolute Gasteiger partial charge is 0.460 e. The molecule has 7 heteroatoms. The molecule has 0 aromatic heterocycles. The Bertz CT molecular complexity index is 327. The van der Waals surface area contributed by atoms with Crippen molar-refractivity contribution in [2.45, 2.75) is 33.3 Å². The molecule has 1 atom stereocenters. The van der Waals surface area contributed by atoms with Crippen LogP contribution in [0.2, 0.25) is 0 Å². The van der Waals surface area contributed by atoms with Gasteiger partial charge in [0.2, 0.25) is 0 Å². The van der Waals surface area contributed by atoms with Gasteiger partial charge < -0.3 is 9.26 Å². The molecule has 0 spiro atoms. The number of rotatable bonds is 7. The minimum absolute atomic E-state index is 0.124. The summed E-state index contributed by atoms with van der Waals surface area (Å²) in [5, 5.41) is 0. The topological polar surface area (TPSA) is 87.9 Å². The van der Waals surface area contributed by atoms with Gasteiger partial charge in [0.1, 0.15) is 0 Å². The molecule has 0 heterocycles. The minimum Gasteiger partial charge on any atom is -0.460 e. The van der Waals surface area contributed by atoms with Crippen molar-refractivity contribution in [1.29, 1.82) is 0 Å². The molecule has 0 radical (unpaired) electrons. The van der Waals surface area contributed by atoms with Crippen LogP contribution in [0.25, 0.3) is 0 Å². The highest BCUT2D eigenvalue weighted by atomic mass is 31.2. The predicted molar refractivity (Wildman–Crippen MR) is 64.4 cm³/mol. The zero-order valence-corrected chi connectivity index (χ0v) is 11.5. The van der Waals surface area contributed by atoms with Crippen LogP contribution >= 0.6 is 7.75 Å². The molecule has 0 amide bonds. The van der Waals surface area contributed by atoms with E-state index in [2.05, 4.69) is 4.52 Å². The van der Waals surface area contributed by atoms with Crippen molar-refractivity contribution < 1.29 is 23.1 Å². The zero-order valence-electron chi connectivity index (χ0n) is 10.6. The lowest BCUT2D eigenvalue weighted by atomic mass is 10.2. The second-order valence-corrected chi connectivity index (χ2v) is 5.48. The summed E-state index contributed by atoms with van der Waals surface area (Å²) < 4.78 is 25.4. The van der Waals surface area contributed by atoms with Crippen molar-refractivity contribution in [1.82, 2.24) is 0 Å². The standard InChI is InChI=1S/C10H20NO5P/c1-8(2)16-10(12)7-9(3)5-6-15-17(11,13)14-4/h7-8H,5-6H2,1-4H3,(H2,11,13). The summed E-state index contributed by atoms with van der Waals surface area (Å²) in [7, 11) is -2.22. The van der Waals surface area contributed by atoms with Gasteiger partial charge >= 0.3 is 13.7 Å². The SMILES string of the molecule is COP(N)(=O)OCCC(C)=CC(=O)OC(C)C. The van der Waals surface area contributed by atoms with E-state index in [1.807, 2.05) is 0 Å². The van der Waals surface area contributed by atoms with Gasteiger partial charge in [-0.1, -0.05) is 5.57 Å². The molecule has 0 fully saturated rings. The van der Waals surface area contributed by atoms with E-state index in [0.29, 0.717) is 6.42 Å². The van der Waals surface area contributed by atoms with E-state index >= 15 is 0 Å². The summed E-state index contributed by atoms with van der Waals surface area (Å²) in [6.45, 7) is 5.42. The average Bonchev–Trinajstić information content (AvgIpc) is 2.15. The molecule has 17 heavy (non-hydrogen) atoms. The molecule has 0 saturated heterocycles. The van der Waals surface area contributed by atoms with E-state index in [1.165, 1.54) is 13.2 Å². The Morgan fingerprint density at radius 1 is 1.47 bits per heavy atom. The van der Waals surface area contributed by atoms with E-state index < -0.39 is 13.7 Å². The third-order valence-corrected chi connectivity index (χ3v) is 2.79. The lowest BCUT2D eigenvalue weighted by Crippen LogP contribution is -2.09. The maximum atomic E-state index is 11.2. The number of carbonyl (C=O) groups excluding carboxylic acids is 1. The number of hydrogen-bond acceptors (Lipinski definition) is 5. The Balaban J connectivity index is 4.01. The van der Waals surface area contributed by atoms with Gasteiger partial charge in [-0.2, -0.15) is 0 Å². The van der Waals surface area contributed by atoms with Crippen molar-refractivity contribution in [3.8, 4) is 0 Å². The van der Waals surface area contributed by atoms with Gasteiger partial charge in [0.15, 0.2) is 0 Å². The Morgan fingerprint density at radius 2 is 2.06 bits per heavy atom. The van der Waals surface area contributed by atoms with Crippen LogP contribution in [-0.4, -0.2) is 25.8 Å². The second kappa shape index (κ2) is 7.61. The van der Waals surface area contributed by atoms with E-state index in [9.17, 15) is 9.36 Å². The van der Waals surface area contributed by atoms with Gasteiger partial charge in [-0.3, -0.25) is 4.52 Å². The van der Waals surface area contributed by atoms with E-state index in [4.69, 9.17) is 14.8 Å². The van der Waals surface area contributed by atoms with Crippen LogP contribution in [0.1, 0.15) is 27.2 Å². The van der Waals surface area contributed by atoms with E-state index in [-0.39, 0.29) is 12.7 Å². The number of ether oxygens (including phenoxy) is 1. The Hall–Kier alpha value is -0.680. The molecule has 0 rings (SSSR count). The van der Waals surface area contributed by atoms with E-state index in [0.717, 1.165) is 5.57 Å². The lowest BCUT2D eigenvalue weighted by molar-refractivity contribution is -0.141. The van der Waals surface area contributed by atoms with Crippen LogP contribution in [-0.2, 0) is 23.1 Å². The first-order valence-corrected chi connectivity index (χ1v) is 6.84. The van der Waals surface area contributed by atoms with Crippen molar-refractivity contribution in [2.24, 2.45) is 5.50 Å². The normalized spacial score (nSPS) is 15.8. The van der Waals surface area contributed by atoms with Crippen LogP contribution in [0, 0.1) is 0 Å². The van der Waals surface area contributed by atoms with Gasteiger partial charge in [-0.15, -0.1) is 0 Å². The zero-order chi connectivity index (χ0) is 13.5. The summed E-state index contributed by atoms with van der Waals surface area (Å²) >= 11 is 0. The minimum atomic E-state index is -3.43. The average molecular weight is 265 g/mol. The number of carbonyl (C=O) groups is 1. The molecule has 100 valence electrons. The van der Waals surface area contributed by atoms with Crippen LogP contribution in [0.15, 0.2) is 11.6 Å².